The SMILES string of the molecule is CCOCC(=O)N1Cc2ccnn2C[C@@H](COc2cccnc2)C1. The number of nitrogens with zero attached hydrogens (tertiary/aromatic N) is 4. The van der Waals surface area contributed by atoms with Crippen molar-refractivity contribution in [1.82, 2.24) is 19.7 Å². The fourth-order valence-electron chi connectivity index (χ4n) is 2.76. The van der Waals surface area contributed by atoms with E-state index in [0.717, 1.165) is 18.0 Å². The zero-order valence-corrected chi connectivity index (χ0v) is 13.8. The average molecular weight is 330 g/mol. The average Bonchev–Trinajstić information content (AvgIpc) is 2.96. The molecule has 3 rings (SSSR count). The summed E-state index contributed by atoms with van der Waals surface area (Å²) in [5, 5.41) is 4.36. The van der Waals surface area contributed by atoms with E-state index < -0.39 is 0 Å². The smallest absolute Gasteiger partial charge is 0.248 e. The molecule has 128 valence electrons. The van der Waals surface area contributed by atoms with Gasteiger partial charge >= 0.3 is 0 Å². The Morgan fingerprint density at radius 2 is 2.25 bits per heavy atom. The number of ether oxygens (including phenoxy) is 2. The van der Waals surface area contributed by atoms with E-state index in [2.05, 4.69) is 10.1 Å². The Morgan fingerprint density at radius 3 is 3.04 bits per heavy atom. The third-order valence-electron chi connectivity index (χ3n) is 3.97. The van der Waals surface area contributed by atoms with Crippen LogP contribution in [0.5, 0.6) is 5.75 Å². The molecule has 7 heteroatoms. The van der Waals surface area contributed by atoms with Crippen LogP contribution in [0, 0.1) is 5.92 Å². The van der Waals surface area contributed by atoms with Gasteiger partial charge in [0.25, 0.3) is 0 Å². The van der Waals surface area contributed by atoms with Gasteiger partial charge < -0.3 is 14.4 Å². The number of hydrogen-bond donors (Lipinski definition) is 0. The molecule has 0 aromatic carbocycles. The van der Waals surface area contributed by atoms with Crippen molar-refractivity contribution in [2.75, 3.05) is 26.4 Å². The van der Waals surface area contributed by atoms with E-state index in [1.165, 1.54) is 0 Å². The molecule has 1 amide bonds. The predicted octanol–water partition coefficient (Wildman–Crippen LogP) is 1.35. The first kappa shape index (κ1) is 16.4. The molecule has 0 spiro atoms. The summed E-state index contributed by atoms with van der Waals surface area (Å²) in [6.07, 6.45) is 5.17. The molecule has 0 saturated heterocycles. The topological polar surface area (TPSA) is 69.5 Å². The summed E-state index contributed by atoms with van der Waals surface area (Å²) in [5.74, 6) is 0.879. The molecule has 7 nitrogen and oxygen atoms in total. The number of hydrogen-bond acceptors (Lipinski definition) is 5. The number of carbonyl (C=O) groups is 1. The van der Waals surface area contributed by atoms with Crippen molar-refractivity contribution >= 4 is 5.91 Å². The summed E-state index contributed by atoms with van der Waals surface area (Å²) in [6.45, 7) is 4.93. The highest BCUT2D eigenvalue weighted by Crippen LogP contribution is 2.18. The molecule has 0 saturated carbocycles. The maximum atomic E-state index is 12.4. The Labute approximate surface area is 141 Å². The van der Waals surface area contributed by atoms with Crippen molar-refractivity contribution in [3.63, 3.8) is 0 Å². The molecule has 3 heterocycles. The van der Waals surface area contributed by atoms with Gasteiger partial charge in [-0.1, -0.05) is 0 Å². The number of amides is 1. The summed E-state index contributed by atoms with van der Waals surface area (Å²) in [5.41, 5.74) is 1.03. The summed E-state index contributed by atoms with van der Waals surface area (Å²) in [4.78, 5) is 18.3. The fraction of sp³-hybridized carbons (Fsp3) is 0.471. The van der Waals surface area contributed by atoms with Gasteiger partial charge in [-0.15, -0.1) is 0 Å². The van der Waals surface area contributed by atoms with E-state index in [1.54, 1.807) is 18.6 Å². The number of aromatic nitrogens is 3. The van der Waals surface area contributed by atoms with Gasteiger partial charge in [0.1, 0.15) is 12.4 Å². The van der Waals surface area contributed by atoms with E-state index in [4.69, 9.17) is 9.47 Å². The molecule has 0 aliphatic carbocycles. The van der Waals surface area contributed by atoms with Gasteiger partial charge in [0, 0.05) is 38.0 Å². The number of fused-ring (bicyclic) bond motifs is 1. The highest BCUT2D eigenvalue weighted by molar-refractivity contribution is 5.77. The first-order valence-electron chi connectivity index (χ1n) is 8.15. The van der Waals surface area contributed by atoms with Crippen LogP contribution in [0.1, 0.15) is 12.6 Å². The van der Waals surface area contributed by atoms with Gasteiger partial charge in [0.2, 0.25) is 5.91 Å². The summed E-state index contributed by atoms with van der Waals surface area (Å²) >= 11 is 0. The normalized spacial score (nSPS) is 17.2. The second kappa shape index (κ2) is 7.92. The molecule has 1 atom stereocenters. The molecular formula is C17H22N4O3. The molecular weight excluding hydrogens is 308 g/mol. The van der Waals surface area contributed by atoms with E-state index >= 15 is 0 Å². The predicted molar refractivity (Wildman–Crippen MR) is 87.4 cm³/mol. The molecule has 0 N–H and O–H groups in total. The van der Waals surface area contributed by atoms with Crippen molar-refractivity contribution < 1.29 is 14.3 Å². The van der Waals surface area contributed by atoms with Crippen LogP contribution in [-0.2, 0) is 22.6 Å². The first-order valence-corrected chi connectivity index (χ1v) is 8.15. The van der Waals surface area contributed by atoms with E-state index in [-0.39, 0.29) is 18.4 Å². The lowest BCUT2D eigenvalue weighted by atomic mass is 10.1. The molecule has 0 fully saturated rings. The zero-order valence-electron chi connectivity index (χ0n) is 13.8. The first-order chi connectivity index (χ1) is 11.8. The molecule has 2 aromatic heterocycles. The van der Waals surface area contributed by atoms with Crippen LogP contribution in [0.4, 0.5) is 0 Å². The van der Waals surface area contributed by atoms with Gasteiger partial charge in [0.05, 0.1) is 25.0 Å². The molecule has 1 aliphatic rings. The van der Waals surface area contributed by atoms with Crippen molar-refractivity contribution in [2.24, 2.45) is 5.92 Å². The largest absolute Gasteiger partial charge is 0.492 e. The van der Waals surface area contributed by atoms with Gasteiger partial charge in [-0.25, -0.2) is 0 Å². The second-order valence-corrected chi connectivity index (χ2v) is 5.78. The third-order valence-corrected chi connectivity index (χ3v) is 3.97. The Kier molecular flexibility index (Phi) is 5.43. The van der Waals surface area contributed by atoms with Gasteiger partial charge in [-0.05, 0) is 25.1 Å². The van der Waals surface area contributed by atoms with Crippen LogP contribution in [0.2, 0.25) is 0 Å². The van der Waals surface area contributed by atoms with E-state index in [9.17, 15) is 4.79 Å². The standard InChI is InChI=1S/C17H22N4O3/c1-2-23-13-17(22)20-9-14(10-21-15(11-20)5-7-19-21)12-24-16-4-3-6-18-8-16/h3-8,14H,2,9-13H2,1H3/t14-/m0/s1. The molecule has 0 bridgehead atoms. The highest BCUT2D eigenvalue weighted by atomic mass is 16.5. The molecule has 24 heavy (non-hydrogen) atoms. The summed E-state index contributed by atoms with van der Waals surface area (Å²) < 4.78 is 13.0. The van der Waals surface area contributed by atoms with E-state index in [1.807, 2.05) is 34.7 Å². The quantitative estimate of drug-likeness (QED) is 0.800. The minimum Gasteiger partial charge on any atom is -0.492 e. The molecule has 0 radical (unpaired) electrons. The summed E-state index contributed by atoms with van der Waals surface area (Å²) in [6, 6.07) is 5.66. The van der Waals surface area contributed by atoms with Crippen LogP contribution in [0.15, 0.2) is 36.8 Å². The van der Waals surface area contributed by atoms with Crippen LogP contribution in [0.3, 0.4) is 0 Å². The highest BCUT2D eigenvalue weighted by Gasteiger charge is 2.26. The van der Waals surface area contributed by atoms with Gasteiger partial charge in [-0.3, -0.25) is 14.5 Å². The van der Waals surface area contributed by atoms with Crippen molar-refractivity contribution in [2.45, 2.75) is 20.0 Å². The Morgan fingerprint density at radius 1 is 1.33 bits per heavy atom. The van der Waals surface area contributed by atoms with Crippen LogP contribution < -0.4 is 4.74 Å². The number of carbonyl (C=O) groups excluding carboxylic acids is 1. The number of pyridine rings is 1. The van der Waals surface area contributed by atoms with Crippen molar-refractivity contribution in [1.29, 1.82) is 0 Å². The van der Waals surface area contributed by atoms with Gasteiger partial charge in [0.15, 0.2) is 0 Å². The minimum atomic E-state index is -0.00197. The fourth-order valence-corrected chi connectivity index (χ4v) is 2.76. The maximum absolute atomic E-state index is 12.4. The van der Waals surface area contributed by atoms with Crippen molar-refractivity contribution in [3.8, 4) is 5.75 Å². The minimum absolute atomic E-state index is 0.00197. The second-order valence-electron chi connectivity index (χ2n) is 5.78. The monoisotopic (exact) mass is 330 g/mol. The van der Waals surface area contributed by atoms with Gasteiger partial charge in [-0.2, -0.15) is 5.10 Å². The van der Waals surface area contributed by atoms with Crippen LogP contribution >= 0.6 is 0 Å². The van der Waals surface area contributed by atoms with E-state index in [0.29, 0.717) is 26.3 Å². The van der Waals surface area contributed by atoms with Crippen LogP contribution in [-0.4, -0.2) is 51.9 Å². The Hall–Kier alpha value is -2.41. The lowest BCUT2D eigenvalue weighted by molar-refractivity contribution is -0.137. The Balaban J connectivity index is 1.68. The lowest BCUT2D eigenvalue weighted by Gasteiger charge is -2.24. The molecule has 1 aliphatic heterocycles. The van der Waals surface area contributed by atoms with Crippen LogP contribution in [0.25, 0.3) is 0 Å². The molecule has 2 aromatic rings. The third kappa shape index (κ3) is 4.11. The molecule has 0 unspecified atom stereocenters. The summed E-state index contributed by atoms with van der Waals surface area (Å²) in [7, 11) is 0. The zero-order chi connectivity index (χ0) is 16.8. The maximum Gasteiger partial charge on any atom is 0.248 e. The number of rotatable bonds is 6. The van der Waals surface area contributed by atoms with Crippen molar-refractivity contribution in [3.05, 3.63) is 42.5 Å². The lowest BCUT2D eigenvalue weighted by Crippen LogP contribution is -2.37. The Bertz CT molecular complexity index is 659.